The van der Waals surface area contributed by atoms with Gasteiger partial charge in [-0.05, 0) is 30.7 Å². The first-order valence-electron chi connectivity index (χ1n) is 7.75. The summed E-state index contributed by atoms with van der Waals surface area (Å²) in [7, 11) is -1.29. The summed E-state index contributed by atoms with van der Waals surface area (Å²) in [5.74, 6) is -0.657. The lowest BCUT2D eigenvalue weighted by atomic mass is 9.93. The van der Waals surface area contributed by atoms with Crippen LogP contribution in [0.15, 0.2) is 29.2 Å². The van der Waals surface area contributed by atoms with Crippen molar-refractivity contribution in [3.8, 4) is 0 Å². The molecular weight excluding hydrogens is 321 g/mol. The van der Waals surface area contributed by atoms with E-state index in [1.165, 1.54) is 24.3 Å². The second-order valence-electron chi connectivity index (χ2n) is 6.06. The molecule has 7 heteroatoms. The summed E-state index contributed by atoms with van der Waals surface area (Å²) >= 11 is 0. The van der Waals surface area contributed by atoms with Gasteiger partial charge in [0.1, 0.15) is 11.4 Å². The van der Waals surface area contributed by atoms with Gasteiger partial charge in [0.25, 0.3) is 5.91 Å². The van der Waals surface area contributed by atoms with Gasteiger partial charge in [-0.2, -0.15) is 0 Å². The number of amides is 1. The lowest BCUT2D eigenvalue weighted by Gasteiger charge is -2.34. The van der Waals surface area contributed by atoms with Crippen LogP contribution < -0.4 is 0 Å². The highest BCUT2D eigenvalue weighted by molar-refractivity contribution is 7.85. The summed E-state index contributed by atoms with van der Waals surface area (Å²) in [4.78, 5) is 14.7. The zero-order valence-electron chi connectivity index (χ0n) is 12.7. The van der Waals surface area contributed by atoms with Crippen molar-refractivity contribution >= 4 is 16.7 Å². The highest BCUT2D eigenvalue weighted by atomic mass is 32.2. The molecule has 2 atom stereocenters. The molecule has 0 spiro atoms. The van der Waals surface area contributed by atoms with Crippen LogP contribution in [0.5, 0.6) is 0 Å². The Hall–Kier alpha value is -1.31. The molecule has 3 rings (SSSR count). The SMILES string of the molecule is O=C(N1CCC(S(=O)c2ccc(F)cc2)C1)C1(O)CCOCC1. The van der Waals surface area contributed by atoms with E-state index in [0.29, 0.717) is 50.5 Å². The Bertz CT molecular complexity index is 601. The molecule has 2 unspecified atom stereocenters. The highest BCUT2D eigenvalue weighted by Gasteiger charge is 2.43. The minimum atomic E-state index is -1.36. The molecule has 2 fully saturated rings. The third-order valence-corrected chi connectivity index (χ3v) is 6.23. The monoisotopic (exact) mass is 341 g/mol. The van der Waals surface area contributed by atoms with Crippen molar-refractivity contribution < 1.29 is 23.2 Å². The van der Waals surface area contributed by atoms with Gasteiger partial charge in [-0.15, -0.1) is 0 Å². The number of nitrogens with zero attached hydrogens (tertiary/aromatic N) is 1. The Labute approximate surface area is 136 Å². The maximum Gasteiger partial charge on any atom is 0.254 e. The van der Waals surface area contributed by atoms with Gasteiger partial charge in [-0.3, -0.25) is 9.00 Å². The summed E-state index contributed by atoms with van der Waals surface area (Å²) in [5, 5.41) is 10.3. The molecule has 2 saturated heterocycles. The molecule has 2 aliphatic heterocycles. The summed E-state index contributed by atoms with van der Waals surface area (Å²) in [6, 6.07) is 5.61. The normalized spacial score (nSPS) is 25.3. The number of hydrogen-bond donors (Lipinski definition) is 1. The number of halogens is 1. The first-order valence-corrected chi connectivity index (χ1v) is 8.96. The number of aliphatic hydroxyl groups is 1. The Balaban J connectivity index is 1.65. The number of hydrogen-bond acceptors (Lipinski definition) is 4. The van der Waals surface area contributed by atoms with Crippen LogP contribution in [0.25, 0.3) is 0 Å². The van der Waals surface area contributed by atoms with Gasteiger partial charge in [0, 0.05) is 44.0 Å². The van der Waals surface area contributed by atoms with Gasteiger partial charge in [0.15, 0.2) is 0 Å². The van der Waals surface area contributed by atoms with E-state index in [1.807, 2.05) is 0 Å². The fourth-order valence-corrected chi connectivity index (χ4v) is 4.49. The van der Waals surface area contributed by atoms with Crippen LogP contribution in [0.3, 0.4) is 0 Å². The third kappa shape index (κ3) is 3.46. The van der Waals surface area contributed by atoms with Crippen molar-refractivity contribution in [2.24, 2.45) is 0 Å². The van der Waals surface area contributed by atoms with Crippen LogP contribution in [0.1, 0.15) is 19.3 Å². The van der Waals surface area contributed by atoms with Crippen LogP contribution in [-0.2, 0) is 20.3 Å². The summed E-state index contributed by atoms with van der Waals surface area (Å²) in [6.45, 7) is 1.59. The fraction of sp³-hybridized carbons (Fsp3) is 0.562. The second-order valence-corrected chi connectivity index (χ2v) is 7.79. The zero-order valence-corrected chi connectivity index (χ0v) is 13.6. The molecule has 0 bridgehead atoms. The maximum atomic E-state index is 13.0. The molecule has 1 N–H and O–H groups in total. The Morgan fingerprint density at radius 2 is 1.96 bits per heavy atom. The van der Waals surface area contributed by atoms with Gasteiger partial charge in [0.05, 0.1) is 16.0 Å². The lowest BCUT2D eigenvalue weighted by molar-refractivity contribution is -0.159. The molecule has 5 nitrogen and oxygen atoms in total. The van der Waals surface area contributed by atoms with E-state index in [4.69, 9.17) is 4.74 Å². The second kappa shape index (κ2) is 6.67. The summed E-state index contributed by atoms with van der Waals surface area (Å²) in [6.07, 6.45) is 1.21. The predicted molar refractivity (Wildman–Crippen MR) is 82.8 cm³/mol. The first-order chi connectivity index (χ1) is 11.0. The molecule has 2 aliphatic rings. The van der Waals surface area contributed by atoms with Crippen LogP contribution in [0.4, 0.5) is 4.39 Å². The zero-order chi connectivity index (χ0) is 16.4. The predicted octanol–water partition coefficient (Wildman–Crippen LogP) is 1.08. The Morgan fingerprint density at radius 1 is 1.30 bits per heavy atom. The number of carbonyl (C=O) groups is 1. The minimum absolute atomic E-state index is 0.187. The molecule has 0 aromatic heterocycles. The molecule has 126 valence electrons. The van der Waals surface area contributed by atoms with Crippen LogP contribution >= 0.6 is 0 Å². The summed E-state index contributed by atoms with van der Waals surface area (Å²) in [5.41, 5.74) is -1.36. The average molecular weight is 341 g/mol. The van der Waals surface area contributed by atoms with Crippen molar-refractivity contribution in [2.45, 2.75) is 35.0 Å². The molecular formula is C16H20FNO4S. The fourth-order valence-electron chi connectivity index (χ4n) is 3.07. The minimum Gasteiger partial charge on any atom is -0.381 e. The number of rotatable bonds is 3. The standard InChI is InChI=1S/C16H20FNO4S/c17-12-1-3-13(4-2-12)23(21)14-5-8-18(11-14)15(19)16(20)6-9-22-10-7-16/h1-4,14,20H,5-11H2. The van der Waals surface area contributed by atoms with Gasteiger partial charge >= 0.3 is 0 Å². The Morgan fingerprint density at radius 3 is 2.61 bits per heavy atom. The van der Waals surface area contributed by atoms with Crippen molar-refractivity contribution in [1.82, 2.24) is 4.90 Å². The quantitative estimate of drug-likeness (QED) is 0.893. The first kappa shape index (κ1) is 16.5. The van der Waals surface area contributed by atoms with Gasteiger partial charge in [0.2, 0.25) is 0 Å². The van der Waals surface area contributed by atoms with Crippen LogP contribution in [0.2, 0.25) is 0 Å². The van der Waals surface area contributed by atoms with Gasteiger partial charge < -0.3 is 14.7 Å². The molecule has 2 heterocycles. The van der Waals surface area contributed by atoms with E-state index in [0.717, 1.165) is 0 Å². The van der Waals surface area contributed by atoms with Crippen LogP contribution in [0, 0.1) is 5.82 Å². The largest absolute Gasteiger partial charge is 0.381 e. The Kier molecular flexibility index (Phi) is 4.79. The van der Waals surface area contributed by atoms with Crippen molar-refractivity contribution in [2.75, 3.05) is 26.3 Å². The molecule has 1 aromatic carbocycles. The van der Waals surface area contributed by atoms with E-state index in [2.05, 4.69) is 0 Å². The third-order valence-electron chi connectivity index (χ3n) is 4.50. The van der Waals surface area contributed by atoms with E-state index >= 15 is 0 Å². The van der Waals surface area contributed by atoms with Gasteiger partial charge in [-0.1, -0.05) is 0 Å². The highest BCUT2D eigenvalue weighted by Crippen LogP contribution is 2.27. The number of carbonyl (C=O) groups excluding carboxylic acids is 1. The van der Waals surface area contributed by atoms with Crippen molar-refractivity contribution in [3.05, 3.63) is 30.1 Å². The van der Waals surface area contributed by atoms with Gasteiger partial charge in [-0.25, -0.2) is 4.39 Å². The molecule has 1 amide bonds. The summed E-state index contributed by atoms with van der Waals surface area (Å²) < 4.78 is 30.7. The van der Waals surface area contributed by atoms with Crippen molar-refractivity contribution in [1.29, 1.82) is 0 Å². The van der Waals surface area contributed by atoms with Crippen LogP contribution in [-0.4, -0.2) is 57.3 Å². The number of likely N-dealkylation sites (tertiary alicyclic amines) is 1. The molecule has 0 saturated carbocycles. The smallest absolute Gasteiger partial charge is 0.254 e. The maximum absolute atomic E-state index is 13.0. The molecule has 0 aliphatic carbocycles. The number of benzene rings is 1. The topological polar surface area (TPSA) is 66.8 Å². The van der Waals surface area contributed by atoms with E-state index in [9.17, 15) is 18.5 Å². The molecule has 0 radical (unpaired) electrons. The van der Waals surface area contributed by atoms with E-state index < -0.39 is 16.4 Å². The molecule has 23 heavy (non-hydrogen) atoms. The number of ether oxygens (including phenoxy) is 1. The lowest BCUT2D eigenvalue weighted by Crippen LogP contribution is -2.51. The van der Waals surface area contributed by atoms with E-state index in [1.54, 1.807) is 4.90 Å². The average Bonchev–Trinajstić information content (AvgIpc) is 3.04. The van der Waals surface area contributed by atoms with Crippen molar-refractivity contribution in [3.63, 3.8) is 0 Å². The van der Waals surface area contributed by atoms with E-state index in [-0.39, 0.29) is 17.0 Å². The molecule has 1 aromatic rings.